The van der Waals surface area contributed by atoms with Gasteiger partial charge in [0.05, 0.1) is 17.5 Å². The minimum atomic E-state index is -0.617. The molecule has 1 aromatic carbocycles. The zero-order chi connectivity index (χ0) is 14.0. The number of anilines is 1. The molecule has 1 heterocycles. The number of thiazole rings is 1. The van der Waals surface area contributed by atoms with E-state index in [0.29, 0.717) is 12.2 Å². The standard InChI is InChI=1S/C12H12FN3O2S/c1-8-7-19-12(14-8)6-15(2)10-4-3-9(13)5-11(10)16(17)18/h3-5,7H,6H2,1-2H3. The Balaban J connectivity index is 2.28. The molecule has 0 fully saturated rings. The molecule has 0 N–H and O–H groups in total. The van der Waals surface area contributed by atoms with E-state index in [1.807, 2.05) is 12.3 Å². The largest absolute Gasteiger partial charge is 0.362 e. The summed E-state index contributed by atoms with van der Waals surface area (Å²) in [5.41, 5.74) is 1.05. The highest BCUT2D eigenvalue weighted by Crippen LogP contribution is 2.29. The van der Waals surface area contributed by atoms with Gasteiger partial charge < -0.3 is 4.90 Å². The van der Waals surface area contributed by atoms with E-state index in [9.17, 15) is 14.5 Å². The summed E-state index contributed by atoms with van der Waals surface area (Å²) in [6, 6.07) is 3.55. The highest BCUT2D eigenvalue weighted by molar-refractivity contribution is 7.09. The molecule has 0 aliphatic rings. The van der Waals surface area contributed by atoms with Crippen LogP contribution in [-0.4, -0.2) is 17.0 Å². The third kappa shape index (κ3) is 3.05. The van der Waals surface area contributed by atoms with Crippen LogP contribution >= 0.6 is 11.3 Å². The number of aromatic nitrogens is 1. The lowest BCUT2D eigenvalue weighted by atomic mass is 10.2. The number of benzene rings is 1. The van der Waals surface area contributed by atoms with Crippen molar-refractivity contribution in [2.75, 3.05) is 11.9 Å². The summed E-state index contributed by atoms with van der Waals surface area (Å²) in [5, 5.41) is 13.7. The average Bonchev–Trinajstić information content (AvgIpc) is 2.74. The van der Waals surface area contributed by atoms with Crippen LogP contribution in [-0.2, 0) is 6.54 Å². The molecular formula is C12H12FN3O2S. The zero-order valence-electron chi connectivity index (χ0n) is 10.5. The molecule has 0 atom stereocenters. The predicted octanol–water partition coefficient (Wildman–Crippen LogP) is 3.14. The zero-order valence-corrected chi connectivity index (χ0v) is 11.3. The van der Waals surface area contributed by atoms with E-state index in [1.54, 1.807) is 11.9 Å². The van der Waals surface area contributed by atoms with Crippen LogP contribution in [0.3, 0.4) is 0 Å². The van der Waals surface area contributed by atoms with E-state index in [4.69, 9.17) is 0 Å². The third-order valence-electron chi connectivity index (χ3n) is 2.58. The summed E-state index contributed by atoms with van der Waals surface area (Å²) in [5.74, 6) is -0.617. The highest BCUT2D eigenvalue weighted by atomic mass is 32.1. The van der Waals surface area contributed by atoms with E-state index in [2.05, 4.69) is 4.98 Å². The second-order valence-corrected chi connectivity index (χ2v) is 5.07. The Morgan fingerprint density at radius 3 is 2.84 bits per heavy atom. The van der Waals surface area contributed by atoms with Crippen LogP contribution in [0, 0.1) is 22.9 Å². The van der Waals surface area contributed by atoms with E-state index >= 15 is 0 Å². The quantitative estimate of drug-likeness (QED) is 0.638. The summed E-state index contributed by atoms with van der Waals surface area (Å²) < 4.78 is 13.1. The van der Waals surface area contributed by atoms with Crippen LogP contribution in [0.5, 0.6) is 0 Å². The molecule has 0 unspecified atom stereocenters. The second-order valence-electron chi connectivity index (χ2n) is 4.13. The highest BCUT2D eigenvalue weighted by Gasteiger charge is 2.18. The van der Waals surface area contributed by atoms with Gasteiger partial charge >= 0.3 is 0 Å². The fourth-order valence-electron chi connectivity index (χ4n) is 1.73. The van der Waals surface area contributed by atoms with Gasteiger partial charge in [-0.3, -0.25) is 10.1 Å². The number of aryl methyl sites for hydroxylation is 1. The molecule has 2 rings (SSSR count). The van der Waals surface area contributed by atoms with Gasteiger partial charge in [0.1, 0.15) is 16.5 Å². The van der Waals surface area contributed by atoms with Crippen molar-refractivity contribution < 1.29 is 9.31 Å². The first-order valence-electron chi connectivity index (χ1n) is 5.53. The van der Waals surface area contributed by atoms with Crippen LogP contribution in [0.1, 0.15) is 10.7 Å². The molecule has 0 saturated heterocycles. The summed E-state index contributed by atoms with van der Waals surface area (Å²) in [6.45, 7) is 2.34. The molecule has 5 nitrogen and oxygen atoms in total. The van der Waals surface area contributed by atoms with Gasteiger partial charge in [-0.25, -0.2) is 9.37 Å². The minimum Gasteiger partial charge on any atom is -0.362 e. The Hall–Kier alpha value is -2.02. The van der Waals surface area contributed by atoms with Gasteiger partial charge in [0, 0.05) is 18.1 Å². The number of nitro groups is 1. The summed E-state index contributed by atoms with van der Waals surface area (Å²) in [6.07, 6.45) is 0. The molecule has 2 aromatic rings. The van der Waals surface area contributed by atoms with Gasteiger partial charge in [0.15, 0.2) is 0 Å². The maximum atomic E-state index is 13.1. The Bertz CT molecular complexity index is 615. The van der Waals surface area contributed by atoms with E-state index in [0.717, 1.165) is 16.8 Å². The van der Waals surface area contributed by atoms with Crippen molar-refractivity contribution in [1.82, 2.24) is 4.98 Å². The normalized spacial score (nSPS) is 10.5. The molecule has 100 valence electrons. The van der Waals surface area contributed by atoms with Crippen molar-refractivity contribution in [2.45, 2.75) is 13.5 Å². The molecule has 0 aliphatic heterocycles. The lowest BCUT2D eigenvalue weighted by Gasteiger charge is -2.17. The molecule has 0 amide bonds. The third-order valence-corrected chi connectivity index (χ3v) is 3.54. The molecule has 0 aliphatic carbocycles. The van der Waals surface area contributed by atoms with Crippen molar-refractivity contribution in [3.8, 4) is 0 Å². The second kappa shape index (κ2) is 5.31. The number of nitrogens with zero attached hydrogens (tertiary/aromatic N) is 3. The van der Waals surface area contributed by atoms with Gasteiger partial charge in [-0.05, 0) is 19.1 Å². The number of nitro benzene ring substituents is 1. The van der Waals surface area contributed by atoms with Crippen LogP contribution < -0.4 is 4.90 Å². The van der Waals surface area contributed by atoms with Gasteiger partial charge in [0.2, 0.25) is 0 Å². The Morgan fingerprint density at radius 2 is 2.26 bits per heavy atom. The number of hydrogen-bond acceptors (Lipinski definition) is 5. The van der Waals surface area contributed by atoms with Crippen LogP contribution in [0.15, 0.2) is 23.6 Å². The smallest absolute Gasteiger partial charge is 0.295 e. The minimum absolute atomic E-state index is 0.240. The number of rotatable bonds is 4. The molecule has 0 radical (unpaired) electrons. The first-order valence-corrected chi connectivity index (χ1v) is 6.41. The fourth-order valence-corrected chi connectivity index (χ4v) is 2.55. The van der Waals surface area contributed by atoms with Gasteiger partial charge in [-0.1, -0.05) is 0 Å². The molecule has 7 heteroatoms. The summed E-state index contributed by atoms with van der Waals surface area (Å²) >= 11 is 1.49. The van der Waals surface area contributed by atoms with Crippen molar-refractivity contribution >= 4 is 22.7 Å². The molecule has 0 saturated carbocycles. The molecule has 1 aromatic heterocycles. The number of hydrogen-bond donors (Lipinski definition) is 0. The Kier molecular flexibility index (Phi) is 3.75. The topological polar surface area (TPSA) is 59.3 Å². The van der Waals surface area contributed by atoms with Crippen LogP contribution in [0.4, 0.5) is 15.8 Å². The van der Waals surface area contributed by atoms with E-state index in [1.165, 1.54) is 23.5 Å². The molecule has 0 spiro atoms. The van der Waals surface area contributed by atoms with Crippen molar-refractivity contribution in [3.63, 3.8) is 0 Å². The summed E-state index contributed by atoms with van der Waals surface area (Å²) in [7, 11) is 1.72. The van der Waals surface area contributed by atoms with Crippen LogP contribution in [0.2, 0.25) is 0 Å². The maximum absolute atomic E-state index is 13.1. The maximum Gasteiger partial charge on any atom is 0.295 e. The van der Waals surface area contributed by atoms with Crippen molar-refractivity contribution in [2.24, 2.45) is 0 Å². The van der Waals surface area contributed by atoms with Gasteiger partial charge in [-0.15, -0.1) is 11.3 Å². The lowest BCUT2D eigenvalue weighted by molar-refractivity contribution is -0.384. The molecule has 0 bridgehead atoms. The first-order chi connectivity index (χ1) is 8.97. The average molecular weight is 281 g/mol. The SMILES string of the molecule is Cc1csc(CN(C)c2ccc(F)cc2[N+](=O)[O-])n1. The van der Waals surface area contributed by atoms with Crippen LogP contribution in [0.25, 0.3) is 0 Å². The predicted molar refractivity (Wildman–Crippen MR) is 72.0 cm³/mol. The van der Waals surface area contributed by atoms with E-state index in [-0.39, 0.29) is 5.69 Å². The monoisotopic (exact) mass is 281 g/mol. The van der Waals surface area contributed by atoms with Crippen molar-refractivity contribution in [3.05, 3.63) is 50.2 Å². The summed E-state index contributed by atoms with van der Waals surface area (Å²) in [4.78, 5) is 16.3. The lowest BCUT2D eigenvalue weighted by Crippen LogP contribution is -2.17. The van der Waals surface area contributed by atoms with E-state index < -0.39 is 10.7 Å². The van der Waals surface area contributed by atoms with Gasteiger partial charge in [-0.2, -0.15) is 0 Å². The Morgan fingerprint density at radius 1 is 1.53 bits per heavy atom. The number of halogens is 1. The molecular weight excluding hydrogens is 269 g/mol. The van der Waals surface area contributed by atoms with Gasteiger partial charge in [0.25, 0.3) is 5.69 Å². The van der Waals surface area contributed by atoms with Crippen molar-refractivity contribution in [1.29, 1.82) is 0 Å². The molecule has 19 heavy (non-hydrogen) atoms. The first kappa shape index (κ1) is 13.4. The fraction of sp³-hybridized carbons (Fsp3) is 0.250. The Labute approximate surface area is 113 Å².